The molecule has 1 aromatic carbocycles. The second-order valence-electron chi connectivity index (χ2n) is 5.72. The van der Waals surface area contributed by atoms with Gasteiger partial charge in [0, 0.05) is 18.7 Å². The van der Waals surface area contributed by atoms with E-state index in [1.807, 2.05) is 6.07 Å². The number of benzene rings is 1. The summed E-state index contributed by atoms with van der Waals surface area (Å²) >= 11 is 0. The van der Waals surface area contributed by atoms with Gasteiger partial charge in [-0.3, -0.25) is 20.2 Å². The molecule has 0 saturated heterocycles. The number of aromatic amines is 1. The Morgan fingerprint density at radius 3 is 2.75 bits per heavy atom. The van der Waals surface area contributed by atoms with Crippen LogP contribution in [-0.4, -0.2) is 36.2 Å². The molecule has 0 saturated carbocycles. The molecule has 3 aromatic heterocycles. The largest absolute Gasteiger partial charge is 0.485 e. The molecular formula is C18H15N7O3. The zero-order chi connectivity index (χ0) is 19.3. The molecule has 4 aromatic rings. The van der Waals surface area contributed by atoms with Crippen molar-refractivity contribution in [3.63, 3.8) is 0 Å². The number of nitrogens with zero attached hydrogens (tertiary/aromatic N) is 5. The quantitative estimate of drug-likeness (QED) is 0.523. The average molecular weight is 377 g/mol. The number of carbonyl (C=O) groups is 1. The van der Waals surface area contributed by atoms with Gasteiger partial charge in [-0.15, -0.1) is 5.10 Å². The third-order valence-electron chi connectivity index (χ3n) is 3.67. The van der Waals surface area contributed by atoms with E-state index in [4.69, 9.17) is 9.26 Å². The van der Waals surface area contributed by atoms with Crippen molar-refractivity contribution in [2.24, 2.45) is 0 Å². The lowest BCUT2D eigenvalue weighted by Gasteiger charge is -2.05. The number of hydrogen-bond acceptors (Lipinski definition) is 8. The maximum Gasteiger partial charge on any atom is 0.258 e. The maximum atomic E-state index is 12.4. The molecule has 0 radical (unpaired) electrons. The van der Waals surface area contributed by atoms with E-state index in [9.17, 15) is 4.79 Å². The number of hydrogen-bond donors (Lipinski definition) is 2. The molecule has 4 rings (SSSR count). The molecule has 0 atom stereocenters. The number of ether oxygens (including phenoxy) is 1. The minimum Gasteiger partial charge on any atom is -0.485 e. The number of aryl methyl sites for hydroxylation is 1. The van der Waals surface area contributed by atoms with E-state index < -0.39 is 0 Å². The molecular weight excluding hydrogens is 362 g/mol. The summed E-state index contributed by atoms with van der Waals surface area (Å²) in [6.07, 6.45) is 1.65. The lowest BCUT2D eigenvalue weighted by molar-refractivity contribution is 0.102. The number of anilines is 1. The van der Waals surface area contributed by atoms with Crippen LogP contribution >= 0.6 is 0 Å². The predicted molar refractivity (Wildman–Crippen MR) is 97.4 cm³/mol. The Bertz CT molecular complexity index is 1070. The summed E-state index contributed by atoms with van der Waals surface area (Å²) in [5.74, 6) is 1.80. The van der Waals surface area contributed by atoms with Gasteiger partial charge in [-0.2, -0.15) is 9.97 Å². The fourth-order valence-corrected chi connectivity index (χ4v) is 2.36. The summed E-state index contributed by atoms with van der Waals surface area (Å²) < 4.78 is 10.4. The van der Waals surface area contributed by atoms with Gasteiger partial charge in [0.2, 0.25) is 17.7 Å². The Kier molecular flexibility index (Phi) is 4.74. The molecule has 0 aliphatic rings. The summed E-state index contributed by atoms with van der Waals surface area (Å²) in [5, 5.41) is 13.1. The van der Waals surface area contributed by atoms with Crippen LogP contribution in [-0.2, 0) is 6.61 Å². The normalized spacial score (nSPS) is 10.6. The molecule has 3 heterocycles. The molecule has 2 N–H and O–H groups in total. The fourth-order valence-electron chi connectivity index (χ4n) is 2.36. The molecule has 0 aliphatic carbocycles. The number of carbonyl (C=O) groups excluding carboxylic acids is 1. The van der Waals surface area contributed by atoms with Crippen molar-refractivity contribution in [1.29, 1.82) is 0 Å². The Balaban J connectivity index is 1.36. The molecule has 28 heavy (non-hydrogen) atoms. The molecule has 0 fully saturated rings. The molecule has 140 valence electrons. The van der Waals surface area contributed by atoms with Gasteiger partial charge in [0.1, 0.15) is 11.4 Å². The first-order valence-electron chi connectivity index (χ1n) is 8.34. The first-order valence-corrected chi connectivity index (χ1v) is 8.34. The molecule has 0 unspecified atom stereocenters. The van der Waals surface area contributed by atoms with Gasteiger partial charge in [0.15, 0.2) is 12.4 Å². The van der Waals surface area contributed by atoms with Crippen LogP contribution in [0.2, 0.25) is 0 Å². The van der Waals surface area contributed by atoms with Gasteiger partial charge in [0.05, 0.1) is 0 Å². The van der Waals surface area contributed by atoms with Gasteiger partial charge in [-0.1, -0.05) is 11.2 Å². The Morgan fingerprint density at radius 2 is 2.04 bits per heavy atom. The van der Waals surface area contributed by atoms with Crippen molar-refractivity contribution in [3.8, 4) is 17.3 Å². The smallest absolute Gasteiger partial charge is 0.258 e. The Morgan fingerprint density at radius 1 is 1.18 bits per heavy atom. The van der Waals surface area contributed by atoms with Crippen LogP contribution < -0.4 is 10.1 Å². The predicted octanol–water partition coefficient (Wildman–Crippen LogP) is 2.39. The summed E-state index contributed by atoms with van der Waals surface area (Å²) in [6, 6.07) is 12.1. The van der Waals surface area contributed by atoms with Gasteiger partial charge in [-0.25, -0.2) is 0 Å². The van der Waals surface area contributed by atoms with Crippen molar-refractivity contribution in [2.45, 2.75) is 13.5 Å². The second-order valence-corrected chi connectivity index (χ2v) is 5.72. The molecule has 1 amide bonds. The number of nitrogens with one attached hydrogen (secondary N) is 2. The van der Waals surface area contributed by atoms with Gasteiger partial charge in [-0.05, 0) is 36.4 Å². The van der Waals surface area contributed by atoms with Crippen LogP contribution in [0.25, 0.3) is 11.5 Å². The van der Waals surface area contributed by atoms with Crippen molar-refractivity contribution < 1.29 is 14.1 Å². The first kappa shape index (κ1) is 17.3. The Labute approximate surface area is 159 Å². The van der Waals surface area contributed by atoms with Crippen LogP contribution in [0.15, 0.2) is 53.2 Å². The monoisotopic (exact) mass is 377 g/mol. The van der Waals surface area contributed by atoms with E-state index in [0.717, 1.165) is 0 Å². The number of amides is 1. The Hall–Kier alpha value is -4.08. The number of H-pyrrole nitrogens is 1. The summed E-state index contributed by atoms with van der Waals surface area (Å²) in [6.45, 7) is 1.88. The van der Waals surface area contributed by atoms with E-state index in [-0.39, 0.29) is 18.5 Å². The van der Waals surface area contributed by atoms with Gasteiger partial charge >= 0.3 is 0 Å². The zero-order valence-electron chi connectivity index (χ0n) is 14.8. The van der Waals surface area contributed by atoms with Crippen LogP contribution in [0.5, 0.6) is 5.75 Å². The highest BCUT2D eigenvalue weighted by atomic mass is 16.5. The van der Waals surface area contributed by atoms with E-state index in [1.165, 1.54) is 0 Å². The van der Waals surface area contributed by atoms with E-state index in [2.05, 4.69) is 35.6 Å². The molecule has 10 heteroatoms. The topological polar surface area (TPSA) is 132 Å². The first-order chi connectivity index (χ1) is 13.7. The summed E-state index contributed by atoms with van der Waals surface area (Å²) in [5.41, 5.74) is 1.07. The third kappa shape index (κ3) is 4.01. The summed E-state index contributed by atoms with van der Waals surface area (Å²) in [7, 11) is 0. The van der Waals surface area contributed by atoms with E-state index in [0.29, 0.717) is 34.5 Å². The van der Waals surface area contributed by atoms with Crippen LogP contribution in [0.1, 0.15) is 22.1 Å². The van der Waals surface area contributed by atoms with Crippen molar-refractivity contribution >= 4 is 11.9 Å². The third-order valence-corrected chi connectivity index (χ3v) is 3.67. The molecule has 10 nitrogen and oxygen atoms in total. The lowest BCUT2D eigenvalue weighted by Crippen LogP contribution is -2.13. The lowest BCUT2D eigenvalue weighted by atomic mass is 10.2. The SMILES string of the molecule is Cc1nc(COc2ccc(C(=O)Nc3n[nH]c(-c4ccccn4)n3)cc2)no1. The zero-order valence-corrected chi connectivity index (χ0v) is 14.8. The van der Waals surface area contributed by atoms with E-state index in [1.54, 1.807) is 49.5 Å². The van der Waals surface area contributed by atoms with Crippen LogP contribution in [0.4, 0.5) is 5.95 Å². The standard InChI is InChI=1S/C18H15N7O3/c1-11-20-15(25-28-11)10-27-13-7-5-12(6-8-13)17(26)22-18-21-16(23-24-18)14-4-2-3-9-19-14/h2-9H,10H2,1H3,(H2,21,22,23,24,26). The van der Waals surface area contributed by atoms with E-state index >= 15 is 0 Å². The maximum absolute atomic E-state index is 12.4. The van der Waals surface area contributed by atoms with Crippen molar-refractivity contribution in [3.05, 3.63) is 65.9 Å². The minimum absolute atomic E-state index is 0.165. The number of aromatic nitrogens is 6. The molecule has 0 spiro atoms. The van der Waals surface area contributed by atoms with Crippen LogP contribution in [0, 0.1) is 6.92 Å². The molecule has 0 aliphatic heterocycles. The van der Waals surface area contributed by atoms with Crippen molar-refractivity contribution in [2.75, 3.05) is 5.32 Å². The van der Waals surface area contributed by atoms with Gasteiger partial charge in [0.25, 0.3) is 5.91 Å². The van der Waals surface area contributed by atoms with Crippen LogP contribution in [0.3, 0.4) is 0 Å². The second kappa shape index (κ2) is 7.66. The number of rotatable bonds is 6. The number of pyridine rings is 1. The molecule has 0 bridgehead atoms. The highest BCUT2D eigenvalue weighted by molar-refractivity contribution is 6.03. The highest BCUT2D eigenvalue weighted by Gasteiger charge is 2.12. The highest BCUT2D eigenvalue weighted by Crippen LogP contribution is 2.16. The van der Waals surface area contributed by atoms with Crippen molar-refractivity contribution in [1.82, 2.24) is 30.3 Å². The minimum atomic E-state index is -0.341. The average Bonchev–Trinajstić information content (AvgIpc) is 3.36. The fraction of sp³-hybridized carbons (Fsp3) is 0.111. The summed E-state index contributed by atoms with van der Waals surface area (Å²) in [4.78, 5) is 24.8. The van der Waals surface area contributed by atoms with Gasteiger partial charge < -0.3 is 9.26 Å².